The van der Waals surface area contributed by atoms with Crippen molar-refractivity contribution in [1.29, 1.82) is 0 Å². The highest BCUT2D eigenvalue weighted by Crippen LogP contribution is 2.36. The molecule has 0 radical (unpaired) electrons. The summed E-state index contributed by atoms with van der Waals surface area (Å²) < 4.78 is 38.1. The van der Waals surface area contributed by atoms with Crippen LogP contribution in [0.15, 0.2) is 0 Å². The fourth-order valence-electron chi connectivity index (χ4n) is 4.04. The van der Waals surface area contributed by atoms with Crippen molar-refractivity contribution < 1.29 is 13.2 Å². The number of hydrogen-bond donors (Lipinski definition) is 1. The highest BCUT2D eigenvalue weighted by Gasteiger charge is 2.41. The summed E-state index contributed by atoms with van der Waals surface area (Å²) in [5.74, 6) is 0.145. The van der Waals surface area contributed by atoms with Crippen molar-refractivity contribution in [3.63, 3.8) is 0 Å². The monoisotopic (exact) mass is 306 g/mol. The van der Waals surface area contributed by atoms with Gasteiger partial charge in [-0.15, -0.1) is 0 Å². The van der Waals surface area contributed by atoms with Gasteiger partial charge >= 0.3 is 6.18 Å². The third-order valence-corrected chi connectivity index (χ3v) is 5.39. The molecule has 2 nitrogen and oxygen atoms in total. The van der Waals surface area contributed by atoms with Crippen LogP contribution < -0.4 is 5.73 Å². The van der Waals surface area contributed by atoms with E-state index in [9.17, 15) is 13.2 Å². The van der Waals surface area contributed by atoms with Crippen LogP contribution in [0, 0.1) is 17.8 Å². The summed E-state index contributed by atoms with van der Waals surface area (Å²) in [5, 5.41) is 0. The molecule has 5 heteroatoms. The summed E-state index contributed by atoms with van der Waals surface area (Å²) in [6.45, 7) is 4.26. The van der Waals surface area contributed by atoms with Crippen LogP contribution in [0.3, 0.4) is 0 Å². The molecule has 1 heterocycles. The van der Waals surface area contributed by atoms with Crippen molar-refractivity contribution in [1.82, 2.24) is 4.90 Å². The zero-order valence-corrected chi connectivity index (χ0v) is 13.0. The minimum Gasteiger partial charge on any atom is -0.327 e. The van der Waals surface area contributed by atoms with Gasteiger partial charge in [0.05, 0.1) is 5.92 Å². The fraction of sp³-hybridized carbons (Fsp3) is 1.00. The molecule has 1 saturated carbocycles. The molecule has 3 atom stereocenters. The number of nitrogens with two attached hydrogens (primary N) is 1. The minimum absolute atomic E-state index is 0.235. The third kappa shape index (κ3) is 4.85. The Morgan fingerprint density at radius 2 is 1.76 bits per heavy atom. The van der Waals surface area contributed by atoms with Crippen molar-refractivity contribution in [2.24, 2.45) is 23.5 Å². The van der Waals surface area contributed by atoms with Crippen molar-refractivity contribution in [3.05, 3.63) is 0 Å². The number of halogens is 3. The molecule has 1 saturated heterocycles. The smallest absolute Gasteiger partial charge is 0.327 e. The Morgan fingerprint density at radius 1 is 1.10 bits per heavy atom. The van der Waals surface area contributed by atoms with E-state index in [1.54, 1.807) is 0 Å². The van der Waals surface area contributed by atoms with Crippen LogP contribution in [0.5, 0.6) is 0 Å². The van der Waals surface area contributed by atoms with Gasteiger partial charge in [0.15, 0.2) is 0 Å². The summed E-state index contributed by atoms with van der Waals surface area (Å²) in [7, 11) is 0. The second-order valence-corrected chi connectivity index (χ2v) is 7.01. The molecule has 0 spiro atoms. The van der Waals surface area contributed by atoms with E-state index >= 15 is 0 Å². The Bertz CT molecular complexity index is 311. The van der Waals surface area contributed by atoms with Crippen LogP contribution in [0.4, 0.5) is 13.2 Å². The molecule has 0 aromatic heterocycles. The summed E-state index contributed by atoms with van der Waals surface area (Å²) in [6, 6.07) is 0.235. The van der Waals surface area contributed by atoms with Crippen LogP contribution in [-0.4, -0.2) is 36.8 Å². The van der Waals surface area contributed by atoms with E-state index in [1.165, 1.54) is 19.3 Å². The average Bonchev–Trinajstić information content (AvgIpc) is 2.42. The Hall–Kier alpha value is -0.290. The first-order valence-electron chi connectivity index (χ1n) is 8.44. The van der Waals surface area contributed by atoms with E-state index in [0.717, 1.165) is 25.3 Å². The van der Waals surface area contributed by atoms with Gasteiger partial charge in [0.1, 0.15) is 0 Å². The summed E-state index contributed by atoms with van der Waals surface area (Å²) >= 11 is 0. The summed E-state index contributed by atoms with van der Waals surface area (Å²) in [6.07, 6.45) is 2.43. The predicted molar refractivity (Wildman–Crippen MR) is 78.9 cm³/mol. The number of piperidine rings is 1. The van der Waals surface area contributed by atoms with Crippen molar-refractivity contribution in [2.75, 3.05) is 19.6 Å². The second-order valence-electron chi connectivity index (χ2n) is 7.01. The van der Waals surface area contributed by atoms with Crippen molar-refractivity contribution in [2.45, 2.75) is 64.1 Å². The predicted octanol–water partition coefficient (Wildman–Crippen LogP) is 3.80. The lowest BCUT2D eigenvalue weighted by atomic mass is 9.76. The van der Waals surface area contributed by atoms with Gasteiger partial charge in [-0.1, -0.05) is 19.8 Å². The van der Waals surface area contributed by atoms with Gasteiger partial charge in [0.2, 0.25) is 0 Å². The van der Waals surface area contributed by atoms with Gasteiger partial charge in [-0.05, 0) is 57.0 Å². The Labute approximate surface area is 126 Å². The Morgan fingerprint density at radius 3 is 2.33 bits per heavy atom. The van der Waals surface area contributed by atoms with Gasteiger partial charge in [0, 0.05) is 12.6 Å². The number of nitrogens with zero attached hydrogens (tertiary/aromatic N) is 1. The summed E-state index contributed by atoms with van der Waals surface area (Å²) in [4.78, 5) is 2.21. The first-order valence-corrected chi connectivity index (χ1v) is 8.44. The SMILES string of the molecule is CCCC1CCC(N)C(CN2CCC(C(F)(F)F)CC2)C1. The van der Waals surface area contributed by atoms with Gasteiger partial charge < -0.3 is 10.6 Å². The maximum atomic E-state index is 12.7. The molecule has 2 rings (SSSR count). The molecule has 0 amide bonds. The molecule has 0 aromatic rings. The quantitative estimate of drug-likeness (QED) is 0.856. The van der Waals surface area contributed by atoms with Gasteiger partial charge in [-0.25, -0.2) is 0 Å². The maximum absolute atomic E-state index is 12.7. The van der Waals surface area contributed by atoms with Crippen LogP contribution in [0.25, 0.3) is 0 Å². The van der Waals surface area contributed by atoms with E-state index in [0.29, 0.717) is 19.0 Å². The zero-order chi connectivity index (χ0) is 15.5. The number of alkyl halides is 3. The normalized spacial score (nSPS) is 33.3. The molecular formula is C16H29F3N2. The largest absolute Gasteiger partial charge is 0.391 e. The van der Waals surface area contributed by atoms with E-state index in [4.69, 9.17) is 5.73 Å². The Kier molecular flexibility index (Phi) is 5.95. The van der Waals surface area contributed by atoms with Crippen LogP contribution in [0.1, 0.15) is 51.9 Å². The van der Waals surface area contributed by atoms with Crippen molar-refractivity contribution in [3.8, 4) is 0 Å². The fourth-order valence-corrected chi connectivity index (χ4v) is 4.04. The van der Waals surface area contributed by atoms with E-state index in [1.807, 2.05) is 0 Å². The summed E-state index contributed by atoms with van der Waals surface area (Å²) in [5.41, 5.74) is 6.24. The average molecular weight is 306 g/mol. The molecule has 124 valence electrons. The van der Waals surface area contributed by atoms with Gasteiger partial charge in [0.25, 0.3) is 0 Å². The molecule has 0 aromatic carbocycles. The van der Waals surface area contributed by atoms with Gasteiger partial charge in [-0.3, -0.25) is 0 Å². The molecule has 21 heavy (non-hydrogen) atoms. The van der Waals surface area contributed by atoms with Crippen LogP contribution in [-0.2, 0) is 0 Å². The number of likely N-dealkylation sites (tertiary alicyclic amines) is 1. The first-order chi connectivity index (χ1) is 9.90. The number of hydrogen-bond acceptors (Lipinski definition) is 2. The molecule has 2 N–H and O–H groups in total. The molecular weight excluding hydrogens is 277 g/mol. The lowest BCUT2D eigenvalue weighted by molar-refractivity contribution is -0.185. The number of rotatable bonds is 4. The topological polar surface area (TPSA) is 29.3 Å². The first kappa shape index (κ1) is 17.1. The molecule has 0 bridgehead atoms. The van der Waals surface area contributed by atoms with E-state index in [-0.39, 0.29) is 18.9 Å². The van der Waals surface area contributed by atoms with Gasteiger partial charge in [-0.2, -0.15) is 13.2 Å². The van der Waals surface area contributed by atoms with Crippen LogP contribution in [0.2, 0.25) is 0 Å². The minimum atomic E-state index is -4.01. The standard InChI is InChI=1S/C16H29F3N2/c1-2-3-12-4-5-15(20)13(10-12)11-21-8-6-14(7-9-21)16(17,18)19/h12-15H,2-11,20H2,1H3. The molecule has 3 unspecified atom stereocenters. The molecule has 1 aliphatic carbocycles. The van der Waals surface area contributed by atoms with E-state index in [2.05, 4.69) is 11.8 Å². The lowest BCUT2D eigenvalue weighted by Gasteiger charge is -2.40. The maximum Gasteiger partial charge on any atom is 0.391 e. The van der Waals surface area contributed by atoms with Crippen LogP contribution >= 0.6 is 0 Å². The zero-order valence-electron chi connectivity index (χ0n) is 13.0. The molecule has 2 fully saturated rings. The second kappa shape index (κ2) is 7.32. The lowest BCUT2D eigenvalue weighted by Crippen LogP contribution is -2.46. The third-order valence-electron chi connectivity index (χ3n) is 5.39. The van der Waals surface area contributed by atoms with Crippen molar-refractivity contribution >= 4 is 0 Å². The molecule has 2 aliphatic rings. The molecule has 1 aliphatic heterocycles. The van der Waals surface area contributed by atoms with E-state index < -0.39 is 12.1 Å². The highest BCUT2D eigenvalue weighted by molar-refractivity contribution is 4.86. The highest BCUT2D eigenvalue weighted by atomic mass is 19.4. The Balaban J connectivity index is 1.79.